The lowest BCUT2D eigenvalue weighted by atomic mass is 9.95. The number of alkyl halides is 2. The molecule has 144 valence electrons. The molecule has 0 saturated heterocycles. The van der Waals surface area contributed by atoms with Gasteiger partial charge in [-0.25, -0.2) is 8.78 Å². The highest BCUT2D eigenvalue weighted by atomic mass is 35.5. The molecule has 0 unspecified atom stereocenters. The number of aryl methyl sites for hydroxylation is 1. The standard InChI is InChI=1S/C23H26ClF2N/c1-13(2)18-9-11-21(24)19(16(18)5)12-15(4)27-22-14(3)8-10-20(17(22)6)23(7,25)26/h8-11H,1,12H2,2-7H3. The van der Waals surface area contributed by atoms with Gasteiger partial charge in [0.1, 0.15) is 0 Å². The molecule has 0 atom stereocenters. The quantitative estimate of drug-likeness (QED) is 0.463. The summed E-state index contributed by atoms with van der Waals surface area (Å²) in [6, 6.07) is 7.02. The molecule has 1 nitrogen and oxygen atoms in total. The molecular weight excluding hydrogens is 364 g/mol. The first kappa shape index (κ1) is 21.3. The monoisotopic (exact) mass is 389 g/mol. The van der Waals surface area contributed by atoms with Gasteiger partial charge in [0, 0.05) is 29.6 Å². The zero-order valence-corrected chi connectivity index (χ0v) is 17.6. The highest BCUT2D eigenvalue weighted by Gasteiger charge is 2.27. The largest absolute Gasteiger partial charge is 0.270 e. The van der Waals surface area contributed by atoms with E-state index in [2.05, 4.69) is 11.6 Å². The Hall–Kier alpha value is -2.00. The van der Waals surface area contributed by atoms with Gasteiger partial charge in [0.15, 0.2) is 0 Å². The zero-order chi connectivity index (χ0) is 20.5. The van der Waals surface area contributed by atoms with Crippen LogP contribution in [-0.4, -0.2) is 5.71 Å². The highest BCUT2D eigenvalue weighted by Crippen LogP contribution is 2.36. The molecule has 2 rings (SSSR count). The first-order chi connectivity index (χ1) is 12.4. The average molecular weight is 390 g/mol. The Morgan fingerprint density at radius 3 is 2.26 bits per heavy atom. The molecule has 0 spiro atoms. The van der Waals surface area contributed by atoms with Gasteiger partial charge in [0.2, 0.25) is 0 Å². The van der Waals surface area contributed by atoms with E-state index in [1.165, 1.54) is 6.07 Å². The number of halogens is 3. The summed E-state index contributed by atoms with van der Waals surface area (Å²) in [7, 11) is 0. The Morgan fingerprint density at radius 2 is 1.70 bits per heavy atom. The van der Waals surface area contributed by atoms with E-state index in [-0.39, 0.29) is 5.56 Å². The van der Waals surface area contributed by atoms with E-state index < -0.39 is 5.92 Å². The van der Waals surface area contributed by atoms with Gasteiger partial charge in [-0.15, -0.1) is 0 Å². The van der Waals surface area contributed by atoms with Crippen LogP contribution in [0.4, 0.5) is 14.5 Å². The summed E-state index contributed by atoms with van der Waals surface area (Å²) in [5.41, 5.74) is 6.94. The van der Waals surface area contributed by atoms with Crippen LogP contribution in [0.3, 0.4) is 0 Å². The van der Waals surface area contributed by atoms with E-state index in [0.29, 0.717) is 22.7 Å². The number of allylic oxidation sites excluding steroid dienone is 1. The van der Waals surface area contributed by atoms with E-state index in [0.717, 1.165) is 40.5 Å². The van der Waals surface area contributed by atoms with Crippen LogP contribution in [0.1, 0.15) is 54.2 Å². The molecule has 0 fully saturated rings. The summed E-state index contributed by atoms with van der Waals surface area (Å²) < 4.78 is 27.7. The number of nitrogens with zero attached hydrogens (tertiary/aromatic N) is 1. The van der Waals surface area contributed by atoms with E-state index in [4.69, 9.17) is 11.6 Å². The fourth-order valence-electron chi connectivity index (χ4n) is 3.37. The molecule has 0 radical (unpaired) electrons. The smallest absolute Gasteiger partial charge is 0.257 e. The van der Waals surface area contributed by atoms with Crippen LogP contribution in [0, 0.1) is 20.8 Å². The van der Waals surface area contributed by atoms with Crippen molar-refractivity contribution in [2.24, 2.45) is 4.99 Å². The third-order valence-electron chi connectivity index (χ3n) is 4.84. The predicted molar refractivity (Wildman–Crippen MR) is 113 cm³/mol. The van der Waals surface area contributed by atoms with Gasteiger partial charge in [-0.05, 0) is 68.5 Å². The van der Waals surface area contributed by atoms with Gasteiger partial charge in [0.25, 0.3) is 5.92 Å². The lowest BCUT2D eigenvalue weighted by molar-refractivity contribution is 0.0169. The molecule has 0 heterocycles. The normalized spacial score (nSPS) is 12.4. The predicted octanol–water partition coefficient (Wildman–Crippen LogP) is 7.75. The van der Waals surface area contributed by atoms with Crippen LogP contribution in [0.5, 0.6) is 0 Å². The summed E-state index contributed by atoms with van der Waals surface area (Å²) in [5, 5.41) is 0.675. The van der Waals surface area contributed by atoms with Crippen molar-refractivity contribution in [3.63, 3.8) is 0 Å². The minimum atomic E-state index is -2.90. The number of rotatable bonds is 5. The first-order valence-corrected chi connectivity index (χ1v) is 9.27. The highest BCUT2D eigenvalue weighted by molar-refractivity contribution is 6.31. The molecule has 4 heteroatoms. The minimum absolute atomic E-state index is 0.0122. The minimum Gasteiger partial charge on any atom is -0.257 e. The van der Waals surface area contributed by atoms with Crippen molar-refractivity contribution in [1.29, 1.82) is 0 Å². The molecular formula is C23H26ClF2N. The topological polar surface area (TPSA) is 12.4 Å². The summed E-state index contributed by atoms with van der Waals surface area (Å²) in [4.78, 5) is 4.69. The molecule has 2 aromatic rings. The van der Waals surface area contributed by atoms with Crippen molar-refractivity contribution in [3.8, 4) is 0 Å². The Kier molecular flexibility index (Phi) is 6.26. The van der Waals surface area contributed by atoms with Gasteiger partial charge < -0.3 is 0 Å². The second-order valence-corrected chi connectivity index (χ2v) is 7.70. The van der Waals surface area contributed by atoms with Crippen molar-refractivity contribution >= 4 is 28.6 Å². The van der Waals surface area contributed by atoms with Crippen LogP contribution in [0.15, 0.2) is 35.8 Å². The molecule has 0 aliphatic heterocycles. The number of aliphatic imine (C=N–C) groups is 1. The van der Waals surface area contributed by atoms with Crippen molar-refractivity contribution in [2.75, 3.05) is 0 Å². The molecule has 27 heavy (non-hydrogen) atoms. The van der Waals surface area contributed by atoms with Crippen LogP contribution in [-0.2, 0) is 12.3 Å². The molecule has 2 aromatic carbocycles. The van der Waals surface area contributed by atoms with Crippen LogP contribution < -0.4 is 0 Å². The third-order valence-corrected chi connectivity index (χ3v) is 5.20. The van der Waals surface area contributed by atoms with Crippen LogP contribution in [0.2, 0.25) is 5.02 Å². The number of benzene rings is 2. The molecule has 0 aromatic heterocycles. The Labute approximate surface area is 165 Å². The number of hydrogen-bond acceptors (Lipinski definition) is 1. The summed E-state index contributed by atoms with van der Waals surface area (Å²) in [6.45, 7) is 14.4. The van der Waals surface area contributed by atoms with E-state index in [9.17, 15) is 8.78 Å². The maximum atomic E-state index is 13.9. The lowest BCUT2D eigenvalue weighted by Crippen LogP contribution is -2.10. The molecule has 0 bridgehead atoms. The molecule has 0 amide bonds. The Morgan fingerprint density at radius 1 is 1.07 bits per heavy atom. The maximum absolute atomic E-state index is 13.9. The number of hydrogen-bond donors (Lipinski definition) is 0. The van der Waals surface area contributed by atoms with E-state index >= 15 is 0 Å². The van der Waals surface area contributed by atoms with Crippen molar-refractivity contribution in [3.05, 3.63) is 69.2 Å². The fraction of sp³-hybridized carbons (Fsp3) is 0.348. The fourth-order valence-corrected chi connectivity index (χ4v) is 3.64. The second kappa shape index (κ2) is 7.93. The van der Waals surface area contributed by atoms with Gasteiger partial charge in [-0.1, -0.05) is 42.0 Å². The van der Waals surface area contributed by atoms with Gasteiger partial charge in [-0.3, -0.25) is 4.99 Å². The SMILES string of the molecule is C=C(C)c1ccc(Cl)c(CC(C)=Nc2c(C)ccc(C(C)(F)F)c2C)c1C. The molecule has 0 aliphatic carbocycles. The summed E-state index contributed by atoms with van der Waals surface area (Å²) in [5.74, 6) is -2.90. The van der Waals surface area contributed by atoms with Crippen LogP contribution in [0.25, 0.3) is 5.57 Å². The van der Waals surface area contributed by atoms with Gasteiger partial charge in [0.05, 0.1) is 5.69 Å². The molecule has 0 aliphatic rings. The van der Waals surface area contributed by atoms with Gasteiger partial charge in [-0.2, -0.15) is 0 Å². The summed E-state index contributed by atoms with van der Waals surface area (Å²) in [6.07, 6.45) is 0.553. The Balaban J connectivity index is 2.49. The van der Waals surface area contributed by atoms with Gasteiger partial charge >= 0.3 is 0 Å². The molecule has 0 N–H and O–H groups in total. The third kappa shape index (κ3) is 4.65. The molecule has 0 saturated carbocycles. The second-order valence-electron chi connectivity index (χ2n) is 7.29. The Bertz CT molecular complexity index is 921. The summed E-state index contributed by atoms with van der Waals surface area (Å²) >= 11 is 6.42. The van der Waals surface area contributed by atoms with Crippen molar-refractivity contribution in [1.82, 2.24) is 0 Å². The van der Waals surface area contributed by atoms with E-state index in [1.54, 1.807) is 13.0 Å². The van der Waals surface area contributed by atoms with E-state index in [1.807, 2.05) is 39.8 Å². The maximum Gasteiger partial charge on any atom is 0.270 e. The first-order valence-electron chi connectivity index (χ1n) is 8.90. The zero-order valence-electron chi connectivity index (χ0n) is 16.8. The van der Waals surface area contributed by atoms with Crippen molar-refractivity contribution < 1.29 is 8.78 Å². The van der Waals surface area contributed by atoms with Crippen molar-refractivity contribution in [2.45, 2.75) is 53.9 Å². The lowest BCUT2D eigenvalue weighted by Gasteiger charge is -2.17. The van der Waals surface area contributed by atoms with Crippen LogP contribution >= 0.6 is 11.6 Å². The average Bonchev–Trinajstić information content (AvgIpc) is 2.53.